The van der Waals surface area contributed by atoms with Gasteiger partial charge in [-0.05, 0) is 32.0 Å². The van der Waals surface area contributed by atoms with Gasteiger partial charge in [-0.15, -0.1) is 0 Å². The molecule has 0 radical (unpaired) electrons. The molecule has 22 heavy (non-hydrogen) atoms. The van der Waals surface area contributed by atoms with E-state index in [1.54, 1.807) is 12.4 Å². The molecule has 3 aromatic rings. The van der Waals surface area contributed by atoms with Gasteiger partial charge in [-0.2, -0.15) is 0 Å². The minimum atomic E-state index is 0.642. The molecular formula is C16H17N5O. The van der Waals surface area contributed by atoms with Crippen molar-refractivity contribution in [3.63, 3.8) is 0 Å². The molecule has 3 rings (SSSR count). The highest BCUT2D eigenvalue weighted by Crippen LogP contribution is 2.19. The summed E-state index contributed by atoms with van der Waals surface area (Å²) in [4.78, 5) is 15.2. The molecule has 0 bridgehead atoms. The highest BCUT2D eigenvalue weighted by molar-refractivity contribution is 5.55. The zero-order chi connectivity index (χ0) is 15.5. The van der Waals surface area contributed by atoms with Gasteiger partial charge in [0.05, 0.1) is 23.6 Å². The van der Waals surface area contributed by atoms with Crippen molar-refractivity contribution in [2.45, 2.75) is 20.4 Å². The van der Waals surface area contributed by atoms with Gasteiger partial charge < -0.3 is 9.42 Å². The third kappa shape index (κ3) is 2.81. The molecule has 3 heterocycles. The van der Waals surface area contributed by atoms with Crippen molar-refractivity contribution in [3.05, 3.63) is 53.7 Å². The maximum Gasteiger partial charge on any atom is 0.225 e. The van der Waals surface area contributed by atoms with Crippen molar-refractivity contribution < 1.29 is 4.52 Å². The molecule has 0 aliphatic carbocycles. The normalized spacial score (nSPS) is 10.7. The van der Waals surface area contributed by atoms with Crippen LogP contribution in [-0.2, 0) is 6.54 Å². The van der Waals surface area contributed by atoms with E-state index in [-0.39, 0.29) is 0 Å². The van der Waals surface area contributed by atoms with E-state index in [9.17, 15) is 0 Å². The van der Waals surface area contributed by atoms with E-state index in [0.29, 0.717) is 12.5 Å². The standard InChI is InChI=1S/C16H17N5O/c1-11-13(12(2)22-20-11)10-21(3)16-18-9-7-15(19-16)14-6-4-5-8-17-14/h4-9H,10H2,1-3H3. The second-order valence-electron chi connectivity index (χ2n) is 5.12. The average molecular weight is 295 g/mol. The van der Waals surface area contributed by atoms with E-state index in [2.05, 4.69) is 20.1 Å². The molecule has 0 N–H and O–H groups in total. The monoisotopic (exact) mass is 295 g/mol. The summed E-state index contributed by atoms with van der Waals surface area (Å²) in [5, 5.41) is 3.98. The van der Waals surface area contributed by atoms with Crippen LogP contribution >= 0.6 is 0 Å². The Kier molecular flexibility index (Phi) is 3.82. The number of anilines is 1. The Morgan fingerprint density at radius 1 is 1.05 bits per heavy atom. The number of nitrogens with zero attached hydrogens (tertiary/aromatic N) is 5. The van der Waals surface area contributed by atoms with Gasteiger partial charge in [-0.1, -0.05) is 11.2 Å². The Balaban J connectivity index is 1.86. The zero-order valence-corrected chi connectivity index (χ0v) is 12.8. The van der Waals surface area contributed by atoms with Crippen LogP contribution < -0.4 is 4.90 Å². The molecule has 6 heteroatoms. The van der Waals surface area contributed by atoms with Crippen molar-refractivity contribution in [2.75, 3.05) is 11.9 Å². The van der Waals surface area contributed by atoms with Gasteiger partial charge in [0.1, 0.15) is 5.76 Å². The number of aryl methyl sites for hydroxylation is 2. The first kappa shape index (κ1) is 14.2. The molecule has 0 atom stereocenters. The van der Waals surface area contributed by atoms with Crippen LogP contribution in [0.5, 0.6) is 0 Å². The number of hydrogen-bond acceptors (Lipinski definition) is 6. The minimum Gasteiger partial charge on any atom is -0.361 e. The second-order valence-corrected chi connectivity index (χ2v) is 5.12. The van der Waals surface area contributed by atoms with Crippen LogP contribution in [0.1, 0.15) is 17.0 Å². The maximum absolute atomic E-state index is 5.20. The zero-order valence-electron chi connectivity index (χ0n) is 12.8. The molecule has 0 saturated carbocycles. The largest absolute Gasteiger partial charge is 0.361 e. The van der Waals surface area contributed by atoms with Crippen molar-refractivity contribution in [1.82, 2.24) is 20.1 Å². The van der Waals surface area contributed by atoms with Gasteiger partial charge >= 0.3 is 0 Å². The maximum atomic E-state index is 5.20. The van der Waals surface area contributed by atoms with Gasteiger partial charge in [0, 0.05) is 25.0 Å². The van der Waals surface area contributed by atoms with E-state index in [1.807, 2.05) is 50.1 Å². The van der Waals surface area contributed by atoms with E-state index >= 15 is 0 Å². The van der Waals surface area contributed by atoms with E-state index in [1.165, 1.54) is 0 Å². The first-order chi connectivity index (χ1) is 10.6. The summed E-state index contributed by atoms with van der Waals surface area (Å²) in [6.45, 7) is 4.49. The van der Waals surface area contributed by atoms with Crippen LogP contribution in [0.3, 0.4) is 0 Å². The number of pyridine rings is 1. The molecule has 0 spiro atoms. The number of aromatic nitrogens is 4. The number of rotatable bonds is 4. The number of hydrogen-bond donors (Lipinski definition) is 0. The predicted molar refractivity (Wildman–Crippen MR) is 83.3 cm³/mol. The molecule has 6 nitrogen and oxygen atoms in total. The molecule has 0 saturated heterocycles. The topological polar surface area (TPSA) is 67.9 Å². The van der Waals surface area contributed by atoms with Crippen LogP contribution in [0, 0.1) is 13.8 Å². The Morgan fingerprint density at radius 3 is 2.59 bits per heavy atom. The van der Waals surface area contributed by atoms with E-state index in [0.717, 1.165) is 28.4 Å². The van der Waals surface area contributed by atoms with Gasteiger partial charge in [-0.3, -0.25) is 4.98 Å². The molecule has 3 aromatic heterocycles. The van der Waals surface area contributed by atoms with Gasteiger partial charge in [-0.25, -0.2) is 9.97 Å². The SMILES string of the molecule is Cc1noc(C)c1CN(C)c1nccc(-c2ccccn2)n1. The van der Waals surface area contributed by atoms with Crippen LogP contribution in [0.15, 0.2) is 41.2 Å². The third-order valence-corrected chi connectivity index (χ3v) is 3.49. The van der Waals surface area contributed by atoms with Crippen molar-refractivity contribution >= 4 is 5.95 Å². The van der Waals surface area contributed by atoms with E-state index in [4.69, 9.17) is 4.52 Å². The summed E-state index contributed by atoms with van der Waals surface area (Å²) >= 11 is 0. The van der Waals surface area contributed by atoms with E-state index < -0.39 is 0 Å². The van der Waals surface area contributed by atoms with Crippen LogP contribution in [0.25, 0.3) is 11.4 Å². The van der Waals surface area contributed by atoms with Gasteiger partial charge in [0.15, 0.2) is 0 Å². The molecule has 0 aliphatic rings. The lowest BCUT2D eigenvalue weighted by molar-refractivity contribution is 0.392. The summed E-state index contributed by atoms with van der Waals surface area (Å²) in [7, 11) is 1.95. The highest BCUT2D eigenvalue weighted by Gasteiger charge is 2.14. The van der Waals surface area contributed by atoms with Crippen molar-refractivity contribution in [2.24, 2.45) is 0 Å². The Hall–Kier alpha value is -2.76. The lowest BCUT2D eigenvalue weighted by Gasteiger charge is -2.17. The van der Waals surface area contributed by atoms with Crippen molar-refractivity contribution in [3.8, 4) is 11.4 Å². The quantitative estimate of drug-likeness (QED) is 0.737. The van der Waals surface area contributed by atoms with Crippen LogP contribution in [0.2, 0.25) is 0 Å². The second kappa shape index (κ2) is 5.93. The lowest BCUT2D eigenvalue weighted by Crippen LogP contribution is -2.20. The van der Waals surface area contributed by atoms with Gasteiger partial charge in [0.25, 0.3) is 0 Å². The third-order valence-electron chi connectivity index (χ3n) is 3.49. The summed E-state index contributed by atoms with van der Waals surface area (Å²) in [6, 6.07) is 7.61. The molecule has 0 unspecified atom stereocenters. The Bertz CT molecular complexity index is 750. The van der Waals surface area contributed by atoms with Crippen LogP contribution in [0.4, 0.5) is 5.95 Å². The first-order valence-electron chi connectivity index (χ1n) is 7.02. The summed E-state index contributed by atoms with van der Waals surface area (Å²) in [5.74, 6) is 1.47. The highest BCUT2D eigenvalue weighted by atomic mass is 16.5. The Labute approximate surface area is 128 Å². The first-order valence-corrected chi connectivity index (χ1v) is 7.02. The fourth-order valence-corrected chi connectivity index (χ4v) is 2.22. The summed E-state index contributed by atoms with van der Waals surface area (Å²) in [5.41, 5.74) is 3.59. The molecule has 112 valence electrons. The van der Waals surface area contributed by atoms with Crippen molar-refractivity contribution in [1.29, 1.82) is 0 Å². The minimum absolute atomic E-state index is 0.642. The average Bonchev–Trinajstić information content (AvgIpc) is 2.88. The fraction of sp³-hybridized carbons (Fsp3) is 0.250. The molecule has 0 fully saturated rings. The molecule has 0 aromatic carbocycles. The summed E-state index contributed by atoms with van der Waals surface area (Å²) < 4.78 is 5.20. The van der Waals surface area contributed by atoms with Crippen LogP contribution in [-0.4, -0.2) is 27.2 Å². The summed E-state index contributed by atoms with van der Waals surface area (Å²) in [6.07, 6.45) is 3.50. The molecule has 0 aliphatic heterocycles. The van der Waals surface area contributed by atoms with Gasteiger partial charge in [0.2, 0.25) is 5.95 Å². The lowest BCUT2D eigenvalue weighted by atomic mass is 10.2. The Morgan fingerprint density at radius 2 is 1.91 bits per heavy atom. The fourth-order valence-electron chi connectivity index (χ4n) is 2.22. The predicted octanol–water partition coefficient (Wildman–Crippen LogP) is 2.78. The molecular weight excluding hydrogens is 278 g/mol. The smallest absolute Gasteiger partial charge is 0.225 e. The molecule has 0 amide bonds.